The first-order valence-electron chi connectivity index (χ1n) is 5.89. The summed E-state index contributed by atoms with van der Waals surface area (Å²) in [5.41, 5.74) is 8.37. The minimum absolute atomic E-state index is 0.0763. The van der Waals surface area contributed by atoms with E-state index < -0.39 is 0 Å². The van der Waals surface area contributed by atoms with Crippen molar-refractivity contribution in [2.45, 2.75) is 13.0 Å². The Kier molecular flexibility index (Phi) is 2.71. The number of hydrogen-bond acceptors (Lipinski definition) is 6. The number of pyridine rings is 1. The van der Waals surface area contributed by atoms with Gasteiger partial charge in [0.05, 0.1) is 17.2 Å². The van der Waals surface area contributed by atoms with E-state index in [9.17, 15) is 0 Å². The molecule has 0 aliphatic heterocycles. The van der Waals surface area contributed by atoms with Gasteiger partial charge in [0.2, 0.25) is 0 Å². The normalized spacial score (nSPS) is 12.5. The molecule has 0 fully saturated rings. The fourth-order valence-electron chi connectivity index (χ4n) is 1.96. The van der Waals surface area contributed by atoms with Crippen molar-refractivity contribution in [2.24, 2.45) is 0 Å². The van der Waals surface area contributed by atoms with E-state index in [0.717, 1.165) is 16.6 Å². The van der Waals surface area contributed by atoms with Crippen LogP contribution in [0.1, 0.15) is 18.8 Å². The number of anilines is 2. The number of aromatic amines is 1. The summed E-state index contributed by atoms with van der Waals surface area (Å²) in [7, 11) is 0. The van der Waals surface area contributed by atoms with Crippen LogP contribution in [-0.2, 0) is 0 Å². The number of H-pyrrole nitrogens is 1. The van der Waals surface area contributed by atoms with E-state index in [-0.39, 0.29) is 6.04 Å². The van der Waals surface area contributed by atoms with Crippen molar-refractivity contribution < 1.29 is 0 Å². The minimum Gasteiger partial charge on any atom is -0.398 e. The molecule has 2 heterocycles. The van der Waals surface area contributed by atoms with Gasteiger partial charge in [-0.15, -0.1) is 10.2 Å². The fourth-order valence-corrected chi connectivity index (χ4v) is 1.96. The van der Waals surface area contributed by atoms with Gasteiger partial charge in [-0.2, -0.15) is 5.21 Å². The van der Waals surface area contributed by atoms with Crippen LogP contribution in [0.3, 0.4) is 0 Å². The van der Waals surface area contributed by atoms with E-state index in [4.69, 9.17) is 5.73 Å². The molecule has 0 saturated heterocycles. The largest absolute Gasteiger partial charge is 0.398 e. The number of nitrogens with two attached hydrogens (primary N) is 1. The Morgan fingerprint density at radius 1 is 1.32 bits per heavy atom. The molecule has 4 N–H and O–H groups in total. The predicted octanol–water partition coefficient (Wildman–Crippen LogP) is 1.50. The van der Waals surface area contributed by atoms with Crippen molar-refractivity contribution in [1.82, 2.24) is 25.6 Å². The van der Waals surface area contributed by atoms with Crippen LogP contribution in [-0.4, -0.2) is 25.6 Å². The van der Waals surface area contributed by atoms with Crippen LogP contribution in [0.4, 0.5) is 11.4 Å². The van der Waals surface area contributed by atoms with Crippen LogP contribution >= 0.6 is 0 Å². The first-order valence-corrected chi connectivity index (χ1v) is 5.89. The molecule has 96 valence electrons. The van der Waals surface area contributed by atoms with Crippen LogP contribution in [0, 0.1) is 0 Å². The van der Waals surface area contributed by atoms with Crippen molar-refractivity contribution in [3.8, 4) is 0 Å². The molecule has 0 amide bonds. The highest BCUT2D eigenvalue weighted by molar-refractivity contribution is 5.98. The number of aromatic nitrogens is 5. The van der Waals surface area contributed by atoms with Gasteiger partial charge in [-0.1, -0.05) is 5.21 Å². The Balaban J connectivity index is 2.00. The lowest BCUT2D eigenvalue weighted by molar-refractivity contribution is 0.794. The summed E-state index contributed by atoms with van der Waals surface area (Å²) >= 11 is 0. The summed E-state index contributed by atoms with van der Waals surface area (Å²) in [6.07, 6.45) is 1.74. The molecule has 7 heteroatoms. The van der Waals surface area contributed by atoms with E-state index in [1.807, 2.05) is 31.2 Å². The summed E-state index contributed by atoms with van der Waals surface area (Å²) in [6.45, 7) is 1.95. The molecule has 1 aromatic carbocycles. The number of nitrogens with one attached hydrogen (secondary N) is 2. The zero-order valence-corrected chi connectivity index (χ0v) is 10.3. The van der Waals surface area contributed by atoms with E-state index in [1.165, 1.54) is 0 Å². The lowest BCUT2D eigenvalue weighted by atomic mass is 10.1. The standard InChI is InChI=1S/C12H13N7/c1-7(12-16-18-19-17-12)15-10-5-4-9(13)8-3-2-6-14-11(8)10/h2-7,15H,13H2,1H3,(H,16,17,18,19). The smallest absolute Gasteiger partial charge is 0.196 e. The number of tetrazole rings is 1. The van der Waals surface area contributed by atoms with E-state index in [1.54, 1.807) is 6.20 Å². The first-order chi connectivity index (χ1) is 9.25. The average Bonchev–Trinajstić information content (AvgIpc) is 2.96. The molecule has 7 nitrogen and oxygen atoms in total. The van der Waals surface area contributed by atoms with Gasteiger partial charge >= 0.3 is 0 Å². The third kappa shape index (κ3) is 2.05. The lowest BCUT2D eigenvalue weighted by Gasteiger charge is -2.14. The van der Waals surface area contributed by atoms with Crippen molar-refractivity contribution in [3.05, 3.63) is 36.3 Å². The SMILES string of the molecule is CC(Nc1ccc(N)c2cccnc12)c1nn[nH]n1. The van der Waals surface area contributed by atoms with Gasteiger partial charge in [0.1, 0.15) is 0 Å². The van der Waals surface area contributed by atoms with Gasteiger partial charge in [0.15, 0.2) is 5.82 Å². The van der Waals surface area contributed by atoms with Gasteiger partial charge in [0, 0.05) is 17.3 Å². The van der Waals surface area contributed by atoms with Crippen LogP contribution < -0.4 is 11.1 Å². The zero-order valence-electron chi connectivity index (χ0n) is 10.3. The molecule has 0 bridgehead atoms. The Labute approximate surface area is 109 Å². The average molecular weight is 255 g/mol. The van der Waals surface area contributed by atoms with Gasteiger partial charge < -0.3 is 11.1 Å². The van der Waals surface area contributed by atoms with Gasteiger partial charge in [-0.05, 0) is 31.2 Å². The minimum atomic E-state index is -0.0763. The second-order valence-electron chi connectivity index (χ2n) is 4.24. The van der Waals surface area contributed by atoms with Crippen molar-refractivity contribution in [3.63, 3.8) is 0 Å². The molecule has 0 spiro atoms. The second-order valence-corrected chi connectivity index (χ2v) is 4.24. The van der Waals surface area contributed by atoms with E-state index in [0.29, 0.717) is 11.5 Å². The van der Waals surface area contributed by atoms with Crippen LogP contribution in [0.5, 0.6) is 0 Å². The number of benzene rings is 1. The van der Waals surface area contributed by atoms with Crippen LogP contribution in [0.15, 0.2) is 30.5 Å². The van der Waals surface area contributed by atoms with Crippen molar-refractivity contribution in [2.75, 3.05) is 11.1 Å². The Hall–Kier alpha value is -2.70. The highest BCUT2D eigenvalue weighted by atomic mass is 15.5. The maximum atomic E-state index is 5.94. The monoisotopic (exact) mass is 255 g/mol. The molecule has 0 aliphatic carbocycles. The van der Waals surface area contributed by atoms with E-state index >= 15 is 0 Å². The maximum absolute atomic E-state index is 5.94. The molecule has 2 aromatic heterocycles. The van der Waals surface area contributed by atoms with Crippen molar-refractivity contribution >= 4 is 22.3 Å². The van der Waals surface area contributed by atoms with E-state index in [2.05, 4.69) is 30.9 Å². The second kappa shape index (κ2) is 4.52. The zero-order chi connectivity index (χ0) is 13.2. The number of fused-ring (bicyclic) bond motifs is 1. The topological polar surface area (TPSA) is 105 Å². The molecular weight excluding hydrogens is 242 g/mol. The maximum Gasteiger partial charge on any atom is 0.196 e. The number of rotatable bonds is 3. The van der Waals surface area contributed by atoms with Crippen LogP contribution in [0.2, 0.25) is 0 Å². The van der Waals surface area contributed by atoms with Gasteiger partial charge in [-0.25, -0.2) is 0 Å². The summed E-state index contributed by atoms with van der Waals surface area (Å²) in [4.78, 5) is 4.37. The fraction of sp³-hybridized carbons (Fsp3) is 0.167. The molecular formula is C12H13N7. The quantitative estimate of drug-likeness (QED) is 0.612. The van der Waals surface area contributed by atoms with Crippen LogP contribution in [0.25, 0.3) is 10.9 Å². The Morgan fingerprint density at radius 2 is 2.21 bits per heavy atom. The molecule has 0 saturated carbocycles. The Morgan fingerprint density at radius 3 is 3.00 bits per heavy atom. The highest BCUT2D eigenvalue weighted by Crippen LogP contribution is 2.28. The first kappa shape index (κ1) is 11.4. The van der Waals surface area contributed by atoms with Gasteiger partial charge in [0.25, 0.3) is 0 Å². The van der Waals surface area contributed by atoms with Crippen molar-refractivity contribution in [1.29, 1.82) is 0 Å². The number of nitrogen functional groups attached to an aromatic ring is 1. The molecule has 3 rings (SSSR count). The summed E-state index contributed by atoms with van der Waals surface area (Å²) in [5, 5.41) is 18.1. The summed E-state index contributed by atoms with van der Waals surface area (Å²) in [6, 6.07) is 7.50. The molecule has 0 aliphatic rings. The highest BCUT2D eigenvalue weighted by Gasteiger charge is 2.12. The number of nitrogens with zero attached hydrogens (tertiary/aromatic N) is 4. The molecule has 3 aromatic rings. The lowest BCUT2D eigenvalue weighted by Crippen LogP contribution is -2.09. The molecule has 1 unspecified atom stereocenters. The molecule has 1 atom stereocenters. The van der Waals surface area contributed by atoms with Gasteiger partial charge in [-0.3, -0.25) is 4.98 Å². The molecule has 0 radical (unpaired) electrons. The third-order valence-corrected chi connectivity index (χ3v) is 2.92. The summed E-state index contributed by atoms with van der Waals surface area (Å²) in [5.74, 6) is 0.598. The molecule has 19 heavy (non-hydrogen) atoms. The number of hydrogen-bond donors (Lipinski definition) is 3. The Bertz CT molecular complexity index is 692. The summed E-state index contributed by atoms with van der Waals surface area (Å²) < 4.78 is 0. The predicted molar refractivity (Wildman–Crippen MR) is 72.4 cm³/mol. The third-order valence-electron chi connectivity index (χ3n) is 2.92.